The molecule has 1 heterocycles. The average Bonchev–Trinajstić information content (AvgIpc) is 2.60. The molecule has 1 aromatic heterocycles. The van der Waals surface area contributed by atoms with Gasteiger partial charge in [0.2, 0.25) is 11.8 Å². The van der Waals surface area contributed by atoms with E-state index in [1.807, 2.05) is 0 Å². The molecule has 0 saturated carbocycles. The van der Waals surface area contributed by atoms with E-state index in [9.17, 15) is 4.79 Å². The Morgan fingerprint density at radius 1 is 0.957 bits per heavy atom. The summed E-state index contributed by atoms with van der Waals surface area (Å²) in [5.74, 6) is 1.25. The van der Waals surface area contributed by atoms with Gasteiger partial charge in [-0.2, -0.15) is 4.98 Å². The first-order valence-electron chi connectivity index (χ1n) is 6.75. The van der Waals surface area contributed by atoms with E-state index in [-0.39, 0.29) is 17.4 Å². The number of ether oxygens (including phenoxy) is 4. The van der Waals surface area contributed by atoms with E-state index in [0.29, 0.717) is 23.1 Å². The molecular weight excluding hydrogens is 300 g/mol. The van der Waals surface area contributed by atoms with Crippen LogP contribution in [0.2, 0.25) is 0 Å². The van der Waals surface area contributed by atoms with Gasteiger partial charge in [-0.3, -0.25) is 4.79 Å². The summed E-state index contributed by atoms with van der Waals surface area (Å²) in [5, 5.41) is 2.76. The number of methoxy groups -OCH3 is 4. The molecule has 0 spiro atoms. The molecule has 23 heavy (non-hydrogen) atoms. The van der Waals surface area contributed by atoms with Crippen molar-refractivity contribution >= 4 is 11.6 Å². The monoisotopic (exact) mass is 318 g/mol. The zero-order valence-corrected chi connectivity index (χ0v) is 13.4. The lowest BCUT2D eigenvalue weighted by Crippen LogP contribution is -2.14. The van der Waals surface area contributed by atoms with Crippen molar-refractivity contribution in [3.8, 4) is 23.3 Å². The van der Waals surface area contributed by atoms with Crippen LogP contribution in [0.5, 0.6) is 23.3 Å². The molecular formula is C16H18N2O5. The third-order valence-electron chi connectivity index (χ3n) is 3.14. The van der Waals surface area contributed by atoms with Gasteiger partial charge in [0.1, 0.15) is 17.1 Å². The number of hydrogen-bond donors (Lipinski definition) is 1. The normalized spacial score (nSPS) is 9.91. The Bertz CT molecular complexity index is 703. The highest BCUT2D eigenvalue weighted by Gasteiger charge is 2.17. The number of pyridine rings is 1. The zero-order valence-electron chi connectivity index (χ0n) is 13.4. The molecule has 0 fully saturated rings. The van der Waals surface area contributed by atoms with Gasteiger partial charge in [-0.15, -0.1) is 0 Å². The average molecular weight is 318 g/mol. The van der Waals surface area contributed by atoms with Crippen LogP contribution in [0.4, 0.5) is 5.69 Å². The van der Waals surface area contributed by atoms with E-state index in [0.717, 1.165) is 0 Å². The molecule has 0 aliphatic carbocycles. The van der Waals surface area contributed by atoms with Crippen LogP contribution in [0, 0.1) is 0 Å². The fourth-order valence-electron chi connectivity index (χ4n) is 1.97. The summed E-state index contributed by atoms with van der Waals surface area (Å²) in [6, 6.07) is 8.27. The first kappa shape index (κ1) is 16.4. The van der Waals surface area contributed by atoms with Gasteiger partial charge in [-0.05, 0) is 18.2 Å². The minimum atomic E-state index is -0.386. The Kier molecular flexibility index (Phi) is 5.24. The first-order valence-corrected chi connectivity index (χ1v) is 6.75. The Morgan fingerprint density at radius 2 is 1.74 bits per heavy atom. The highest BCUT2D eigenvalue weighted by Crippen LogP contribution is 2.30. The van der Waals surface area contributed by atoms with Crippen molar-refractivity contribution in [2.45, 2.75) is 0 Å². The summed E-state index contributed by atoms with van der Waals surface area (Å²) >= 11 is 0. The van der Waals surface area contributed by atoms with Crippen LogP contribution in [-0.2, 0) is 0 Å². The predicted octanol–water partition coefficient (Wildman–Crippen LogP) is 2.37. The number of hydrogen-bond acceptors (Lipinski definition) is 6. The summed E-state index contributed by atoms with van der Waals surface area (Å²) in [6.45, 7) is 0. The van der Waals surface area contributed by atoms with E-state index < -0.39 is 0 Å². The number of rotatable bonds is 6. The smallest absolute Gasteiger partial charge is 0.261 e. The van der Waals surface area contributed by atoms with E-state index in [4.69, 9.17) is 18.9 Å². The van der Waals surface area contributed by atoms with Crippen molar-refractivity contribution in [2.75, 3.05) is 33.8 Å². The molecule has 1 aromatic carbocycles. The van der Waals surface area contributed by atoms with Crippen molar-refractivity contribution in [1.82, 2.24) is 4.98 Å². The molecule has 0 aliphatic rings. The third kappa shape index (κ3) is 3.63. The Balaban J connectivity index is 2.32. The molecule has 0 aliphatic heterocycles. The second kappa shape index (κ2) is 7.35. The number of nitrogens with zero attached hydrogens (tertiary/aromatic N) is 1. The van der Waals surface area contributed by atoms with Gasteiger partial charge in [-0.25, -0.2) is 0 Å². The van der Waals surface area contributed by atoms with E-state index in [1.165, 1.54) is 21.3 Å². The molecule has 7 heteroatoms. The molecule has 0 unspecified atom stereocenters. The zero-order chi connectivity index (χ0) is 16.8. The molecule has 2 aromatic rings. The Labute approximate surface area is 134 Å². The number of amides is 1. The van der Waals surface area contributed by atoms with Gasteiger partial charge in [0.05, 0.1) is 34.1 Å². The van der Waals surface area contributed by atoms with Gasteiger partial charge in [0, 0.05) is 12.1 Å². The van der Waals surface area contributed by atoms with Gasteiger partial charge >= 0.3 is 0 Å². The maximum atomic E-state index is 12.5. The topological polar surface area (TPSA) is 78.9 Å². The molecule has 0 saturated heterocycles. The van der Waals surface area contributed by atoms with Crippen LogP contribution >= 0.6 is 0 Å². The first-order chi connectivity index (χ1) is 11.1. The Morgan fingerprint density at radius 3 is 2.35 bits per heavy atom. The fourth-order valence-corrected chi connectivity index (χ4v) is 1.97. The number of benzene rings is 1. The maximum absolute atomic E-state index is 12.5. The lowest BCUT2D eigenvalue weighted by molar-refractivity contribution is 0.102. The second-order valence-electron chi connectivity index (χ2n) is 4.43. The predicted molar refractivity (Wildman–Crippen MR) is 84.8 cm³/mol. The van der Waals surface area contributed by atoms with Crippen molar-refractivity contribution in [3.05, 3.63) is 35.9 Å². The van der Waals surface area contributed by atoms with Crippen LogP contribution in [0.15, 0.2) is 30.3 Å². The quantitative estimate of drug-likeness (QED) is 0.881. The lowest BCUT2D eigenvalue weighted by Gasteiger charge is -2.13. The highest BCUT2D eigenvalue weighted by molar-refractivity contribution is 6.06. The van der Waals surface area contributed by atoms with Crippen molar-refractivity contribution < 1.29 is 23.7 Å². The SMILES string of the molecule is COc1ccc(OC)c(NC(=O)c2ccc(OC)nc2OC)c1. The van der Waals surface area contributed by atoms with E-state index in [1.54, 1.807) is 37.4 Å². The lowest BCUT2D eigenvalue weighted by atomic mass is 10.2. The van der Waals surface area contributed by atoms with Crippen molar-refractivity contribution in [2.24, 2.45) is 0 Å². The standard InChI is InChI=1S/C16H18N2O5/c1-20-10-5-7-13(21-2)12(9-10)17-15(19)11-6-8-14(22-3)18-16(11)23-4/h5-9H,1-4H3,(H,17,19). The van der Waals surface area contributed by atoms with Crippen molar-refractivity contribution in [1.29, 1.82) is 0 Å². The van der Waals surface area contributed by atoms with E-state index in [2.05, 4.69) is 10.3 Å². The van der Waals surface area contributed by atoms with E-state index >= 15 is 0 Å². The number of carbonyl (C=O) groups excluding carboxylic acids is 1. The molecule has 7 nitrogen and oxygen atoms in total. The largest absolute Gasteiger partial charge is 0.497 e. The summed E-state index contributed by atoms with van der Waals surface area (Å²) in [4.78, 5) is 16.6. The number of nitrogens with one attached hydrogen (secondary N) is 1. The molecule has 0 bridgehead atoms. The van der Waals surface area contributed by atoms with Crippen LogP contribution in [-0.4, -0.2) is 39.3 Å². The van der Waals surface area contributed by atoms with Crippen LogP contribution in [0.1, 0.15) is 10.4 Å². The van der Waals surface area contributed by atoms with Gasteiger partial charge in [0.25, 0.3) is 5.91 Å². The van der Waals surface area contributed by atoms with Crippen molar-refractivity contribution in [3.63, 3.8) is 0 Å². The van der Waals surface area contributed by atoms with Gasteiger partial charge < -0.3 is 24.3 Å². The van der Waals surface area contributed by atoms with Gasteiger partial charge in [0.15, 0.2) is 0 Å². The number of carbonyl (C=O) groups is 1. The third-order valence-corrected chi connectivity index (χ3v) is 3.14. The molecule has 0 radical (unpaired) electrons. The highest BCUT2D eigenvalue weighted by atomic mass is 16.5. The minimum absolute atomic E-state index is 0.170. The fraction of sp³-hybridized carbons (Fsp3) is 0.250. The molecule has 122 valence electrons. The summed E-state index contributed by atoms with van der Waals surface area (Å²) in [5.41, 5.74) is 0.757. The number of anilines is 1. The van der Waals surface area contributed by atoms with Crippen LogP contribution in [0.25, 0.3) is 0 Å². The molecule has 0 atom stereocenters. The van der Waals surface area contributed by atoms with Gasteiger partial charge in [-0.1, -0.05) is 0 Å². The summed E-state index contributed by atoms with van der Waals surface area (Å²) < 4.78 is 20.6. The van der Waals surface area contributed by atoms with Crippen LogP contribution < -0.4 is 24.3 Å². The molecule has 2 rings (SSSR count). The maximum Gasteiger partial charge on any atom is 0.261 e. The Hall–Kier alpha value is -2.96. The van der Waals surface area contributed by atoms with Crippen LogP contribution in [0.3, 0.4) is 0 Å². The summed E-state index contributed by atoms with van der Waals surface area (Å²) in [6.07, 6.45) is 0. The number of aromatic nitrogens is 1. The molecule has 1 N–H and O–H groups in total. The second-order valence-corrected chi connectivity index (χ2v) is 4.43. The summed E-state index contributed by atoms with van der Waals surface area (Å²) in [7, 11) is 5.99. The minimum Gasteiger partial charge on any atom is -0.497 e. The molecule has 1 amide bonds.